The average molecular weight is 277 g/mol. The van der Waals surface area contributed by atoms with Crippen molar-refractivity contribution in [3.8, 4) is 0 Å². The molecule has 110 valence electrons. The van der Waals surface area contributed by atoms with E-state index in [2.05, 4.69) is 10.5 Å². The van der Waals surface area contributed by atoms with Crippen LogP contribution >= 0.6 is 0 Å². The second kappa shape index (κ2) is 6.93. The number of nitrogens with two attached hydrogens (primary N) is 1. The highest BCUT2D eigenvalue weighted by molar-refractivity contribution is 6.02. The highest BCUT2D eigenvalue weighted by Crippen LogP contribution is 2.16. The van der Waals surface area contributed by atoms with Gasteiger partial charge in [0, 0.05) is 0 Å². The minimum Gasteiger partial charge on any atom is -0.409 e. The lowest BCUT2D eigenvalue weighted by Crippen LogP contribution is -2.42. The summed E-state index contributed by atoms with van der Waals surface area (Å²) < 4.78 is 0. The van der Waals surface area contributed by atoms with Crippen molar-refractivity contribution in [3.63, 3.8) is 0 Å². The number of hydrogen-bond donors (Lipinski definition) is 3. The molecule has 5 nitrogen and oxygen atoms in total. The van der Waals surface area contributed by atoms with E-state index < -0.39 is 5.92 Å². The molecule has 0 aliphatic carbocycles. The van der Waals surface area contributed by atoms with Crippen LogP contribution in [0.15, 0.2) is 29.4 Å². The Kier molecular flexibility index (Phi) is 5.55. The van der Waals surface area contributed by atoms with Crippen molar-refractivity contribution in [2.45, 2.75) is 33.7 Å². The van der Waals surface area contributed by atoms with Gasteiger partial charge in [-0.3, -0.25) is 4.79 Å². The topological polar surface area (TPSA) is 87.7 Å². The molecule has 0 spiro atoms. The van der Waals surface area contributed by atoms with Crippen molar-refractivity contribution >= 4 is 11.7 Å². The molecule has 4 N–H and O–H groups in total. The van der Waals surface area contributed by atoms with Crippen molar-refractivity contribution < 1.29 is 10.0 Å². The number of carbonyl (C=O) groups excluding carboxylic acids is 1. The zero-order valence-corrected chi connectivity index (χ0v) is 12.4. The third-order valence-corrected chi connectivity index (χ3v) is 3.32. The largest absolute Gasteiger partial charge is 0.409 e. The molecule has 0 saturated carbocycles. The first-order valence-corrected chi connectivity index (χ1v) is 6.71. The number of amides is 1. The van der Waals surface area contributed by atoms with Gasteiger partial charge in [0.1, 0.15) is 5.92 Å². The lowest BCUT2D eigenvalue weighted by atomic mass is 9.93. The molecular formula is C15H23N3O2. The van der Waals surface area contributed by atoms with E-state index in [0.29, 0.717) is 0 Å². The van der Waals surface area contributed by atoms with Gasteiger partial charge in [-0.05, 0) is 25.3 Å². The lowest BCUT2D eigenvalue weighted by molar-refractivity contribution is -0.124. The Morgan fingerprint density at radius 1 is 1.25 bits per heavy atom. The van der Waals surface area contributed by atoms with Crippen molar-refractivity contribution in [1.82, 2.24) is 5.32 Å². The van der Waals surface area contributed by atoms with E-state index in [1.54, 1.807) is 0 Å². The van der Waals surface area contributed by atoms with Crippen LogP contribution in [0.25, 0.3) is 0 Å². The van der Waals surface area contributed by atoms with Crippen molar-refractivity contribution in [2.24, 2.45) is 22.7 Å². The van der Waals surface area contributed by atoms with Crippen LogP contribution in [-0.4, -0.2) is 17.0 Å². The predicted octanol–water partition coefficient (Wildman–Crippen LogP) is 2.19. The van der Waals surface area contributed by atoms with Crippen LogP contribution in [0, 0.1) is 18.8 Å². The van der Waals surface area contributed by atoms with Gasteiger partial charge >= 0.3 is 0 Å². The smallest absolute Gasteiger partial charge is 0.231 e. The molecule has 1 rings (SSSR count). The predicted molar refractivity (Wildman–Crippen MR) is 79.5 cm³/mol. The first kappa shape index (κ1) is 16.0. The Morgan fingerprint density at radius 3 is 2.25 bits per heavy atom. The normalized spacial score (nSPS) is 14.9. The zero-order valence-electron chi connectivity index (χ0n) is 12.4. The summed E-state index contributed by atoms with van der Waals surface area (Å²) in [5, 5.41) is 14.6. The summed E-state index contributed by atoms with van der Waals surface area (Å²) in [7, 11) is 0. The van der Waals surface area contributed by atoms with Crippen LogP contribution in [0.2, 0.25) is 0 Å². The third-order valence-electron chi connectivity index (χ3n) is 3.32. The van der Waals surface area contributed by atoms with Crippen LogP contribution < -0.4 is 11.1 Å². The van der Waals surface area contributed by atoms with Crippen LogP contribution in [0.5, 0.6) is 0 Å². The number of nitrogens with one attached hydrogen (secondary N) is 1. The molecule has 2 unspecified atom stereocenters. The van der Waals surface area contributed by atoms with E-state index in [9.17, 15) is 4.79 Å². The standard InChI is InChI=1S/C15H23N3O2/c1-9(2)13(14(16)18-20)15(19)17-11(4)12-7-5-10(3)6-8-12/h5-9,11,13,20H,1-4H3,(H2,16,18)(H,17,19). The van der Waals surface area contributed by atoms with Crippen LogP contribution in [0.3, 0.4) is 0 Å². The molecular weight excluding hydrogens is 254 g/mol. The second-order valence-corrected chi connectivity index (χ2v) is 5.39. The summed E-state index contributed by atoms with van der Waals surface area (Å²) in [6, 6.07) is 7.83. The summed E-state index contributed by atoms with van der Waals surface area (Å²) >= 11 is 0. The van der Waals surface area contributed by atoms with E-state index in [-0.39, 0.29) is 23.7 Å². The molecule has 1 aromatic carbocycles. The Labute approximate surface area is 119 Å². The molecule has 2 atom stereocenters. The summed E-state index contributed by atoms with van der Waals surface area (Å²) in [5.74, 6) is -0.971. The fourth-order valence-electron chi connectivity index (χ4n) is 2.08. The SMILES string of the molecule is Cc1ccc(C(C)NC(=O)C(C(N)=NO)C(C)C)cc1. The molecule has 0 fully saturated rings. The van der Waals surface area contributed by atoms with Gasteiger partial charge in [-0.25, -0.2) is 0 Å². The van der Waals surface area contributed by atoms with Gasteiger partial charge in [-0.15, -0.1) is 0 Å². The number of amidine groups is 1. The number of nitrogens with zero attached hydrogens (tertiary/aromatic N) is 1. The molecule has 0 aliphatic rings. The second-order valence-electron chi connectivity index (χ2n) is 5.39. The van der Waals surface area contributed by atoms with E-state index >= 15 is 0 Å². The minimum absolute atomic E-state index is 0.0453. The molecule has 0 aromatic heterocycles. The Morgan fingerprint density at radius 2 is 1.80 bits per heavy atom. The maximum atomic E-state index is 12.3. The number of rotatable bonds is 5. The summed E-state index contributed by atoms with van der Waals surface area (Å²) in [6.45, 7) is 7.64. The number of benzene rings is 1. The molecule has 0 saturated heterocycles. The Hall–Kier alpha value is -2.04. The van der Waals surface area contributed by atoms with E-state index in [4.69, 9.17) is 10.9 Å². The number of aryl methyl sites for hydroxylation is 1. The highest BCUT2D eigenvalue weighted by Gasteiger charge is 2.27. The molecule has 5 heteroatoms. The lowest BCUT2D eigenvalue weighted by Gasteiger charge is -2.22. The van der Waals surface area contributed by atoms with E-state index in [0.717, 1.165) is 5.56 Å². The van der Waals surface area contributed by atoms with Gasteiger partial charge in [0.25, 0.3) is 0 Å². The Bertz CT molecular complexity index is 480. The van der Waals surface area contributed by atoms with Crippen LogP contribution in [0.4, 0.5) is 0 Å². The van der Waals surface area contributed by atoms with Gasteiger partial charge in [0.05, 0.1) is 6.04 Å². The monoisotopic (exact) mass is 277 g/mol. The van der Waals surface area contributed by atoms with Gasteiger partial charge < -0.3 is 16.3 Å². The number of oxime groups is 1. The molecule has 20 heavy (non-hydrogen) atoms. The van der Waals surface area contributed by atoms with Gasteiger partial charge in [-0.2, -0.15) is 0 Å². The van der Waals surface area contributed by atoms with Crippen LogP contribution in [-0.2, 0) is 4.79 Å². The van der Waals surface area contributed by atoms with Gasteiger partial charge in [-0.1, -0.05) is 48.8 Å². The average Bonchev–Trinajstić information content (AvgIpc) is 2.38. The molecule has 0 aliphatic heterocycles. The third kappa shape index (κ3) is 3.98. The molecule has 0 heterocycles. The fraction of sp³-hybridized carbons (Fsp3) is 0.467. The number of carbonyl (C=O) groups is 1. The maximum absolute atomic E-state index is 12.3. The molecule has 1 amide bonds. The highest BCUT2D eigenvalue weighted by atomic mass is 16.4. The van der Waals surface area contributed by atoms with E-state index in [1.807, 2.05) is 52.0 Å². The summed E-state index contributed by atoms with van der Waals surface area (Å²) in [4.78, 5) is 12.3. The summed E-state index contributed by atoms with van der Waals surface area (Å²) in [5.41, 5.74) is 7.78. The van der Waals surface area contributed by atoms with Gasteiger partial charge in [0.2, 0.25) is 5.91 Å². The minimum atomic E-state index is -0.632. The molecule has 1 aromatic rings. The summed E-state index contributed by atoms with van der Waals surface area (Å²) in [6.07, 6.45) is 0. The quantitative estimate of drug-likeness (QED) is 0.333. The van der Waals surface area contributed by atoms with Crippen molar-refractivity contribution in [1.29, 1.82) is 0 Å². The van der Waals surface area contributed by atoms with Gasteiger partial charge in [0.15, 0.2) is 5.84 Å². The van der Waals surface area contributed by atoms with Crippen molar-refractivity contribution in [3.05, 3.63) is 35.4 Å². The Balaban J connectivity index is 2.80. The van der Waals surface area contributed by atoms with Crippen molar-refractivity contribution in [2.75, 3.05) is 0 Å². The molecule has 0 bridgehead atoms. The zero-order chi connectivity index (χ0) is 15.3. The van der Waals surface area contributed by atoms with E-state index in [1.165, 1.54) is 5.56 Å². The molecule has 0 radical (unpaired) electrons. The first-order chi connectivity index (χ1) is 9.36. The first-order valence-electron chi connectivity index (χ1n) is 6.71. The number of hydrogen-bond acceptors (Lipinski definition) is 3. The maximum Gasteiger partial charge on any atom is 0.231 e. The fourth-order valence-corrected chi connectivity index (χ4v) is 2.08. The van der Waals surface area contributed by atoms with Crippen LogP contribution in [0.1, 0.15) is 37.9 Å².